The average molecular weight is 321 g/mol. The Labute approximate surface area is 137 Å². The number of nitrogen functional groups attached to an aromatic ring is 2. The predicted octanol–water partition coefficient (Wildman–Crippen LogP) is 2.84. The van der Waals surface area contributed by atoms with Crippen molar-refractivity contribution in [3.63, 3.8) is 0 Å². The van der Waals surface area contributed by atoms with Crippen molar-refractivity contribution in [1.29, 1.82) is 0 Å². The Kier molecular flexibility index (Phi) is 4.24. The zero-order valence-electron chi connectivity index (χ0n) is 12.6. The Hall–Kier alpha value is -3.61. The summed E-state index contributed by atoms with van der Waals surface area (Å²) in [6.07, 6.45) is 6.15. The van der Waals surface area contributed by atoms with Crippen LogP contribution in [0.5, 0.6) is 5.75 Å². The number of oxazole rings is 1. The van der Waals surface area contributed by atoms with Gasteiger partial charge in [0.25, 0.3) is 0 Å². The van der Waals surface area contributed by atoms with Crippen molar-refractivity contribution in [1.82, 2.24) is 15.0 Å². The van der Waals surface area contributed by atoms with Crippen LogP contribution in [0.3, 0.4) is 0 Å². The molecule has 3 aromatic heterocycles. The lowest BCUT2D eigenvalue weighted by Gasteiger charge is -1.98. The van der Waals surface area contributed by atoms with E-state index in [4.69, 9.17) is 21.0 Å². The molecule has 0 saturated heterocycles. The number of nitrogens with two attached hydrogens (primary N) is 2. The van der Waals surface area contributed by atoms with E-state index in [1.165, 1.54) is 18.5 Å². The maximum Gasteiger partial charge on any atom is 0.229 e. The van der Waals surface area contributed by atoms with E-state index in [1.807, 2.05) is 30.3 Å². The lowest BCUT2D eigenvalue weighted by molar-refractivity contribution is 0.475. The van der Waals surface area contributed by atoms with E-state index >= 15 is 0 Å². The molecule has 4 rings (SSSR count). The smallest absolute Gasteiger partial charge is 0.229 e. The molecule has 0 unspecified atom stereocenters. The lowest BCUT2D eigenvalue weighted by Crippen LogP contribution is -1.88. The van der Waals surface area contributed by atoms with Crippen molar-refractivity contribution in [2.45, 2.75) is 0 Å². The number of benzene rings is 1. The molecule has 4 aromatic rings. The molecule has 0 amide bonds. The van der Waals surface area contributed by atoms with Crippen molar-refractivity contribution < 1.29 is 9.52 Å². The quantitative estimate of drug-likeness (QED) is 0.460. The summed E-state index contributed by atoms with van der Waals surface area (Å²) >= 11 is 0. The van der Waals surface area contributed by atoms with Gasteiger partial charge in [-0.3, -0.25) is 9.97 Å². The minimum absolute atomic E-state index is 0.0347. The molecular weight excluding hydrogens is 306 g/mol. The first-order valence-electron chi connectivity index (χ1n) is 7.09. The summed E-state index contributed by atoms with van der Waals surface area (Å²) in [6.45, 7) is 0. The summed E-state index contributed by atoms with van der Waals surface area (Å²) in [4.78, 5) is 11.9. The van der Waals surface area contributed by atoms with Gasteiger partial charge in [0, 0.05) is 18.1 Å². The van der Waals surface area contributed by atoms with Crippen molar-refractivity contribution in [2.75, 3.05) is 11.5 Å². The first-order valence-corrected chi connectivity index (χ1v) is 7.09. The van der Waals surface area contributed by atoms with E-state index in [2.05, 4.69) is 15.0 Å². The molecule has 0 aliphatic carbocycles. The molecule has 0 spiro atoms. The minimum Gasteiger partial charge on any atom is -0.504 e. The number of pyridine rings is 2. The fraction of sp³-hybridized carbons (Fsp3) is 0. The van der Waals surface area contributed by atoms with Gasteiger partial charge in [-0.2, -0.15) is 0 Å². The Morgan fingerprint density at radius 2 is 1.62 bits per heavy atom. The van der Waals surface area contributed by atoms with Gasteiger partial charge in [0.05, 0.1) is 23.6 Å². The van der Waals surface area contributed by atoms with Gasteiger partial charge < -0.3 is 21.0 Å². The van der Waals surface area contributed by atoms with Gasteiger partial charge >= 0.3 is 0 Å². The van der Waals surface area contributed by atoms with E-state index in [9.17, 15) is 0 Å². The second-order valence-corrected chi connectivity index (χ2v) is 4.88. The number of anilines is 2. The molecule has 3 heterocycles. The Morgan fingerprint density at radius 3 is 2.29 bits per heavy atom. The number of rotatable bonds is 1. The van der Waals surface area contributed by atoms with Crippen molar-refractivity contribution in [2.24, 2.45) is 0 Å². The number of fused-ring (bicyclic) bond motifs is 1. The van der Waals surface area contributed by atoms with Crippen molar-refractivity contribution >= 4 is 22.5 Å². The van der Waals surface area contributed by atoms with E-state index in [-0.39, 0.29) is 5.75 Å². The van der Waals surface area contributed by atoms with Gasteiger partial charge in [-0.25, -0.2) is 4.98 Å². The largest absolute Gasteiger partial charge is 0.504 e. The molecule has 5 N–H and O–H groups in total. The predicted molar refractivity (Wildman–Crippen MR) is 92.0 cm³/mol. The molecule has 0 fully saturated rings. The van der Waals surface area contributed by atoms with Crippen LogP contribution in [0.25, 0.3) is 22.6 Å². The highest BCUT2D eigenvalue weighted by atomic mass is 16.3. The third kappa shape index (κ3) is 3.25. The summed E-state index contributed by atoms with van der Waals surface area (Å²) in [7, 11) is 0. The first-order chi connectivity index (χ1) is 11.6. The third-order valence-electron chi connectivity index (χ3n) is 3.22. The van der Waals surface area contributed by atoms with Gasteiger partial charge in [-0.05, 0) is 24.3 Å². The first kappa shape index (κ1) is 15.3. The molecular formula is C17H15N5O2. The maximum absolute atomic E-state index is 8.73. The molecule has 7 heteroatoms. The molecule has 1 aromatic carbocycles. The molecule has 24 heavy (non-hydrogen) atoms. The van der Waals surface area contributed by atoms with E-state index in [0.29, 0.717) is 22.8 Å². The Morgan fingerprint density at radius 1 is 0.875 bits per heavy atom. The van der Waals surface area contributed by atoms with Gasteiger partial charge in [0.2, 0.25) is 5.89 Å². The summed E-state index contributed by atoms with van der Waals surface area (Å²) in [5.74, 6) is 0.564. The highest BCUT2D eigenvalue weighted by Crippen LogP contribution is 2.27. The Balaban J connectivity index is 0.000000179. The normalized spacial score (nSPS) is 10.2. The molecule has 120 valence electrons. The second kappa shape index (κ2) is 6.66. The zero-order chi connectivity index (χ0) is 16.9. The fourth-order valence-electron chi connectivity index (χ4n) is 1.98. The fourth-order valence-corrected chi connectivity index (χ4v) is 1.98. The topological polar surface area (TPSA) is 124 Å². The molecule has 0 radical (unpaired) electrons. The Bertz CT molecular complexity index is 914. The molecule has 0 aliphatic rings. The monoisotopic (exact) mass is 321 g/mol. The molecule has 0 bridgehead atoms. The third-order valence-corrected chi connectivity index (χ3v) is 3.22. The van der Waals surface area contributed by atoms with Crippen LogP contribution in [-0.2, 0) is 0 Å². The second-order valence-electron chi connectivity index (χ2n) is 4.88. The van der Waals surface area contributed by atoms with Gasteiger partial charge in [0.15, 0.2) is 11.3 Å². The minimum atomic E-state index is 0.0347. The summed E-state index contributed by atoms with van der Waals surface area (Å²) in [6, 6.07) is 10.8. The van der Waals surface area contributed by atoms with Crippen molar-refractivity contribution in [3.8, 4) is 17.2 Å². The number of hydrogen-bond acceptors (Lipinski definition) is 7. The van der Waals surface area contributed by atoms with Crippen LogP contribution in [0.1, 0.15) is 0 Å². The van der Waals surface area contributed by atoms with E-state index < -0.39 is 0 Å². The number of nitrogens with zero attached hydrogens (tertiary/aromatic N) is 3. The van der Waals surface area contributed by atoms with Crippen LogP contribution < -0.4 is 11.5 Å². The van der Waals surface area contributed by atoms with E-state index in [1.54, 1.807) is 12.4 Å². The molecule has 0 saturated carbocycles. The lowest BCUT2D eigenvalue weighted by atomic mass is 10.2. The van der Waals surface area contributed by atoms with Crippen LogP contribution in [-0.4, -0.2) is 20.1 Å². The number of aromatic hydroxyl groups is 1. The average Bonchev–Trinajstić information content (AvgIpc) is 3.02. The highest BCUT2D eigenvalue weighted by Gasteiger charge is 2.09. The summed E-state index contributed by atoms with van der Waals surface area (Å²) in [5.41, 5.74) is 14.4. The number of aromatic nitrogens is 3. The summed E-state index contributed by atoms with van der Waals surface area (Å²) in [5, 5.41) is 8.73. The van der Waals surface area contributed by atoms with Gasteiger partial charge in [0.1, 0.15) is 5.52 Å². The molecule has 7 nitrogen and oxygen atoms in total. The van der Waals surface area contributed by atoms with Gasteiger partial charge in [-0.1, -0.05) is 12.1 Å². The van der Waals surface area contributed by atoms with Crippen LogP contribution in [0.15, 0.2) is 65.6 Å². The number of para-hydroxylation sites is 1. The van der Waals surface area contributed by atoms with Crippen LogP contribution in [0.2, 0.25) is 0 Å². The van der Waals surface area contributed by atoms with Crippen LogP contribution in [0.4, 0.5) is 11.4 Å². The van der Waals surface area contributed by atoms with Crippen LogP contribution >= 0.6 is 0 Å². The van der Waals surface area contributed by atoms with Crippen LogP contribution in [0, 0.1) is 0 Å². The number of hydrogen-bond donors (Lipinski definition) is 3. The molecule has 0 aliphatic heterocycles. The highest BCUT2D eigenvalue weighted by molar-refractivity contribution is 5.78. The maximum atomic E-state index is 8.73. The van der Waals surface area contributed by atoms with Gasteiger partial charge in [-0.15, -0.1) is 0 Å². The molecule has 0 atom stereocenters. The summed E-state index contributed by atoms with van der Waals surface area (Å²) < 4.78 is 5.58. The van der Waals surface area contributed by atoms with Crippen molar-refractivity contribution in [3.05, 3.63) is 61.2 Å². The SMILES string of the molecule is Nc1ccccc1-c1nc2ccncc2o1.Nc1ccncc1O. The van der Waals surface area contributed by atoms with E-state index in [0.717, 1.165) is 11.1 Å². The zero-order valence-corrected chi connectivity index (χ0v) is 12.6. The standard InChI is InChI=1S/C12H9N3O.C5H6N2O/c13-9-4-2-1-3-8(9)12-15-10-5-6-14-7-11(10)16-12;6-4-1-2-7-3-5(4)8/h1-7H,13H2;1-3,8H,(H2,6,7).